The van der Waals surface area contributed by atoms with E-state index in [1.165, 1.54) is 0 Å². The molecule has 116 valence electrons. The van der Waals surface area contributed by atoms with Gasteiger partial charge >= 0.3 is 5.97 Å². The molecule has 0 saturated heterocycles. The van der Waals surface area contributed by atoms with Crippen molar-refractivity contribution in [2.24, 2.45) is 17.3 Å². The fraction of sp³-hybridized carbons (Fsp3) is 0.412. The number of carboxylic acid groups (broad SMARTS) is 1. The molecule has 1 aromatic heterocycles. The molecule has 22 heavy (non-hydrogen) atoms. The maximum absolute atomic E-state index is 12.1. The first-order valence-corrected chi connectivity index (χ1v) is 7.48. The molecule has 1 aromatic carbocycles. The molecule has 5 heteroatoms. The van der Waals surface area contributed by atoms with Crippen molar-refractivity contribution >= 4 is 22.8 Å². The summed E-state index contributed by atoms with van der Waals surface area (Å²) >= 11 is 0. The van der Waals surface area contributed by atoms with Crippen LogP contribution in [-0.4, -0.2) is 28.5 Å². The van der Waals surface area contributed by atoms with Gasteiger partial charge in [-0.3, -0.25) is 9.59 Å². The van der Waals surface area contributed by atoms with Crippen LogP contribution < -0.4 is 5.32 Å². The number of nitrogens with one attached hydrogen (secondary N) is 2. The van der Waals surface area contributed by atoms with Crippen LogP contribution in [0.5, 0.6) is 0 Å². The number of hydrogen-bond acceptors (Lipinski definition) is 2. The van der Waals surface area contributed by atoms with Gasteiger partial charge in [-0.05, 0) is 23.5 Å². The Morgan fingerprint density at radius 3 is 2.68 bits per heavy atom. The van der Waals surface area contributed by atoms with Gasteiger partial charge in [-0.1, -0.05) is 32.0 Å². The molecule has 1 aliphatic carbocycles. The molecule has 0 spiro atoms. The van der Waals surface area contributed by atoms with Crippen LogP contribution in [0.2, 0.25) is 0 Å². The van der Waals surface area contributed by atoms with E-state index in [0.717, 1.165) is 22.9 Å². The quantitative estimate of drug-likeness (QED) is 0.791. The Morgan fingerprint density at radius 2 is 2.00 bits per heavy atom. The van der Waals surface area contributed by atoms with Gasteiger partial charge in [0.05, 0.1) is 11.8 Å². The Kier molecular flexibility index (Phi) is 3.43. The van der Waals surface area contributed by atoms with Gasteiger partial charge in [-0.2, -0.15) is 0 Å². The fourth-order valence-electron chi connectivity index (χ4n) is 3.36. The van der Waals surface area contributed by atoms with Gasteiger partial charge in [0.15, 0.2) is 0 Å². The van der Waals surface area contributed by atoms with E-state index in [2.05, 4.69) is 10.3 Å². The predicted molar refractivity (Wildman–Crippen MR) is 83.4 cm³/mol. The molecule has 1 heterocycles. The van der Waals surface area contributed by atoms with Crippen molar-refractivity contribution < 1.29 is 14.7 Å². The zero-order valence-corrected chi connectivity index (χ0v) is 12.7. The third-order valence-corrected chi connectivity index (χ3v) is 4.74. The van der Waals surface area contributed by atoms with Crippen molar-refractivity contribution in [2.75, 3.05) is 6.54 Å². The Bertz CT molecular complexity index is 732. The minimum absolute atomic E-state index is 0.155. The fourth-order valence-corrected chi connectivity index (χ4v) is 3.36. The van der Waals surface area contributed by atoms with Gasteiger partial charge in [0.1, 0.15) is 0 Å². The third-order valence-electron chi connectivity index (χ3n) is 4.74. The Morgan fingerprint density at radius 1 is 1.27 bits per heavy atom. The van der Waals surface area contributed by atoms with E-state index < -0.39 is 23.2 Å². The number of carboxylic acids is 1. The highest BCUT2D eigenvalue weighted by Gasteiger charge is 2.65. The van der Waals surface area contributed by atoms with Crippen LogP contribution in [0, 0.1) is 17.3 Å². The van der Waals surface area contributed by atoms with Crippen molar-refractivity contribution in [3.63, 3.8) is 0 Å². The lowest BCUT2D eigenvalue weighted by Crippen LogP contribution is -2.29. The first-order chi connectivity index (χ1) is 10.4. The third kappa shape index (κ3) is 2.36. The molecule has 2 atom stereocenters. The smallest absolute Gasteiger partial charge is 0.307 e. The number of fused-ring (bicyclic) bond motifs is 1. The first kappa shape index (κ1) is 14.6. The molecule has 1 saturated carbocycles. The zero-order chi connectivity index (χ0) is 15.9. The number of hydrogen-bond donors (Lipinski definition) is 3. The molecule has 0 bridgehead atoms. The lowest BCUT2D eigenvalue weighted by molar-refractivity contribution is -0.140. The summed E-state index contributed by atoms with van der Waals surface area (Å²) in [6, 6.07) is 8.03. The number of benzene rings is 1. The van der Waals surface area contributed by atoms with E-state index in [4.69, 9.17) is 5.11 Å². The van der Waals surface area contributed by atoms with Crippen LogP contribution in [0.25, 0.3) is 10.9 Å². The lowest BCUT2D eigenvalue weighted by atomic mass is 10.1. The number of amides is 1. The molecule has 2 unspecified atom stereocenters. The Hall–Kier alpha value is -2.30. The Labute approximate surface area is 128 Å². The predicted octanol–water partition coefficient (Wildman–Crippen LogP) is 2.18. The van der Waals surface area contributed by atoms with Crippen molar-refractivity contribution in [3.05, 3.63) is 36.0 Å². The standard InChI is InChI=1S/C17H20N2O3/c1-17(2)13(14(17)16(21)22)15(20)18-8-7-10-9-19-12-6-4-3-5-11(10)12/h3-6,9,13-14,19H,7-8H2,1-2H3,(H,18,20)(H,21,22). The van der Waals surface area contributed by atoms with Crippen LogP contribution in [-0.2, 0) is 16.0 Å². The molecule has 1 aliphatic rings. The van der Waals surface area contributed by atoms with Crippen molar-refractivity contribution in [3.8, 4) is 0 Å². The molecule has 0 aliphatic heterocycles. The van der Waals surface area contributed by atoms with E-state index in [1.807, 2.05) is 44.3 Å². The summed E-state index contributed by atoms with van der Waals surface area (Å²) in [5.41, 5.74) is 1.79. The summed E-state index contributed by atoms with van der Waals surface area (Å²) in [6.45, 7) is 4.17. The first-order valence-electron chi connectivity index (χ1n) is 7.48. The average molecular weight is 300 g/mol. The van der Waals surface area contributed by atoms with Crippen LogP contribution in [0.4, 0.5) is 0 Å². The van der Waals surface area contributed by atoms with Gasteiger partial charge in [0, 0.05) is 23.6 Å². The van der Waals surface area contributed by atoms with Crippen molar-refractivity contribution in [1.29, 1.82) is 0 Å². The summed E-state index contributed by atoms with van der Waals surface area (Å²) in [5, 5.41) is 13.1. The molecule has 1 fully saturated rings. The van der Waals surface area contributed by atoms with E-state index in [-0.39, 0.29) is 5.91 Å². The summed E-state index contributed by atoms with van der Waals surface area (Å²) in [5.74, 6) is -2.03. The number of carbonyl (C=O) groups excluding carboxylic acids is 1. The van der Waals surface area contributed by atoms with E-state index in [0.29, 0.717) is 6.54 Å². The second kappa shape index (κ2) is 5.16. The van der Waals surface area contributed by atoms with Crippen LogP contribution in [0.3, 0.4) is 0 Å². The number of H-pyrrole nitrogens is 1. The summed E-state index contributed by atoms with van der Waals surface area (Å²) in [6.07, 6.45) is 2.68. The Balaban J connectivity index is 1.58. The molecule has 0 radical (unpaired) electrons. The maximum Gasteiger partial charge on any atom is 0.307 e. The summed E-state index contributed by atoms with van der Waals surface area (Å²) in [4.78, 5) is 26.5. The van der Waals surface area contributed by atoms with Gasteiger partial charge < -0.3 is 15.4 Å². The average Bonchev–Trinajstić information content (AvgIpc) is 2.86. The second-order valence-corrected chi connectivity index (χ2v) is 6.52. The van der Waals surface area contributed by atoms with Gasteiger partial charge in [-0.25, -0.2) is 0 Å². The molecular weight excluding hydrogens is 280 g/mol. The topological polar surface area (TPSA) is 82.2 Å². The molecule has 1 amide bonds. The highest BCUT2D eigenvalue weighted by molar-refractivity contribution is 5.91. The normalized spacial score (nSPS) is 22.5. The second-order valence-electron chi connectivity index (χ2n) is 6.52. The molecule has 2 aromatic rings. The largest absolute Gasteiger partial charge is 0.481 e. The summed E-state index contributed by atoms with van der Waals surface area (Å²) in [7, 11) is 0. The maximum atomic E-state index is 12.1. The van der Waals surface area contributed by atoms with E-state index >= 15 is 0 Å². The lowest BCUT2D eigenvalue weighted by Gasteiger charge is -2.05. The van der Waals surface area contributed by atoms with E-state index in [9.17, 15) is 9.59 Å². The zero-order valence-electron chi connectivity index (χ0n) is 12.7. The molecule has 3 rings (SSSR count). The SMILES string of the molecule is CC1(C)C(C(=O)O)C1C(=O)NCCc1c[nH]c2ccccc12. The minimum atomic E-state index is -0.887. The molecule has 3 N–H and O–H groups in total. The highest BCUT2D eigenvalue weighted by atomic mass is 16.4. The monoisotopic (exact) mass is 300 g/mol. The number of rotatable bonds is 5. The van der Waals surface area contributed by atoms with Crippen LogP contribution >= 0.6 is 0 Å². The highest BCUT2D eigenvalue weighted by Crippen LogP contribution is 2.58. The van der Waals surface area contributed by atoms with Crippen molar-refractivity contribution in [1.82, 2.24) is 10.3 Å². The molecule has 5 nitrogen and oxygen atoms in total. The number of aliphatic carboxylic acids is 1. The number of aromatic nitrogens is 1. The number of carbonyl (C=O) groups is 2. The summed E-state index contributed by atoms with van der Waals surface area (Å²) < 4.78 is 0. The van der Waals surface area contributed by atoms with Gasteiger partial charge in [0.2, 0.25) is 5.91 Å². The van der Waals surface area contributed by atoms with Crippen LogP contribution in [0.1, 0.15) is 19.4 Å². The molecular formula is C17H20N2O3. The van der Waals surface area contributed by atoms with Gasteiger partial charge in [0.25, 0.3) is 0 Å². The minimum Gasteiger partial charge on any atom is -0.481 e. The van der Waals surface area contributed by atoms with Crippen LogP contribution in [0.15, 0.2) is 30.5 Å². The van der Waals surface area contributed by atoms with E-state index in [1.54, 1.807) is 0 Å². The number of para-hydroxylation sites is 1. The van der Waals surface area contributed by atoms with Crippen molar-refractivity contribution in [2.45, 2.75) is 20.3 Å². The number of aromatic amines is 1. The van der Waals surface area contributed by atoms with Gasteiger partial charge in [-0.15, -0.1) is 0 Å².